The highest BCUT2D eigenvalue weighted by molar-refractivity contribution is 6.18. The second-order valence-corrected chi connectivity index (χ2v) is 3.89. The van der Waals surface area contributed by atoms with Crippen molar-refractivity contribution < 1.29 is 14.3 Å². The van der Waals surface area contributed by atoms with Crippen LogP contribution in [0, 0.1) is 4.91 Å². The fraction of sp³-hybridized carbons (Fsp3) is 0.273. The number of halogens is 1. The van der Waals surface area contributed by atoms with Crippen LogP contribution in [0.2, 0.25) is 0 Å². The Bertz CT molecular complexity index is 497. The van der Waals surface area contributed by atoms with Gasteiger partial charge < -0.3 is 4.74 Å². The molecule has 108 valence electrons. The van der Waals surface area contributed by atoms with E-state index in [1.54, 1.807) is 18.2 Å². The maximum absolute atomic E-state index is 11.8. The molecule has 0 unspecified atom stereocenters. The smallest absolute Gasteiger partial charge is 0.359 e. The molecular formula is C11H13ClN4O4. The first-order valence-corrected chi connectivity index (χ1v) is 6.07. The summed E-state index contributed by atoms with van der Waals surface area (Å²) in [5.41, 5.74) is 4.48. The minimum Gasteiger partial charge on any atom is -0.497 e. The van der Waals surface area contributed by atoms with Crippen molar-refractivity contribution in [2.24, 2.45) is 5.29 Å². The fourth-order valence-electron chi connectivity index (χ4n) is 1.27. The van der Waals surface area contributed by atoms with Gasteiger partial charge in [0.2, 0.25) is 0 Å². The summed E-state index contributed by atoms with van der Waals surface area (Å²) >= 11 is 5.39. The first-order valence-electron chi connectivity index (χ1n) is 5.53. The topological polar surface area (TPSA) is 100 Å². The Kier molecular flexibility index (Phi) is 6.24. The van der Waals surface area contributed by atoms with E-state index in [2.05, 4.69) is 10.7 Å². The van der Waals surface area contributed by atoms with E-state index in [1.807, 2.05) is 5.43 Å². The number of nitroso groups, excluding NO2 is 1. The van der Waals surface area contributed by atoms with Gasteiger partial charge in [-0.1, -0.05) is 6.07 Å². The lowest BCUT2D eigenvalue weighted by Gasteiger charge is -2.13. The van der Waals surface area contributed by atoms with Gasteiger partial charge in [0, 0.05) is 11.4 Å². The molecule has 9 heteroatoms. The van der Waals surface area contributed by atoms with Crippen LogP contribution in [-0.2, 0) is 0 Å². The SMILES string of the molecule is COc1cccc(C(=O)NNC(=O)N(CCCl)N=O)c1. The Morgan fingerprint density at radius 3 is 2.75 bits per heavy atom. The summed E-state index contributed by atoms with van der Waals surface area (Å²) < 4.78 is 4.97. The number of nitrogens with zero attached hydrogens (tertiary/aromatic N) is 2. The molecule has 0 saturated carbocycles. The minimum absolute atomic E-state index is 0.0446. The zero-order valence-corrected chi connectivity index (χ0v) is 11.4. The number of carbonyl (C=O) groups is 2. The van der Waals surface area contributed by atoms with Crippen molar-refractivity contribution in [2.75, 3.05) is 19.5 Å². The highest BCUT2D eigenvalue weighted by Gasteiger charge is 2.14. The molecule has 1 aromatic rings. The quantitative estimate of drug-likeness (QED) is 0.486. The molecule has 0 heterocycles. The molecule has 2 N–H and O–H groups in total. The summed E-state index contributed by atoms with van der Waals surface area (Å²) in [6.45, 7) is -0.0636. The van der Waals surface area contributed by atoms with E-state index in [9.17, 15) is 14.5 Å². The highest BCUT2D eigenvalue weighted by Crippen LogP contribution is 2.11. The number of amides is 3. The lowest BCUT2D eigenvalue weighted by atomic mass is 10.2. The highest BCUT2D eigenvalue weighted by atomic mass is 35.5. The Morgan fingerprint density at radius 2 is 2.15 bits per heavy atom. The third kappa shape index (κ3) is 4.39. The summed E-state index contributed by atoms with van der Waals surface area (Å²) in [7, 11) is 1.47. The molecule has 0 aromatic heterocycles. The number of carbonyl (C=O) groups excluding carboxylic acids is 2. The number of alkyl halides is 1. The van der Waals surface area contributed by atoms with E-state index in [-0.39, 0.29) is 18.0 Å². The normalized spacial score (nSPS) is 9.50. The molecular weight excluding hydrogens is 288 g/mol. The third-order valence-electron chi connectivity index (χ3n) is 2.24. The monoisotopic (exact) mass is 300 g/mol. The largest absolute Gasteiger partial charge is 0.497 e. The number of benzene rings is 1. The number of ether oxygens (including phenoxy) is 1. The fourth-order valence-corrected chi connectivity index (χ4v) is 1.43. The van der Waals surface area contributed by atoms with Gasteiger partial charge in [-0.2, -0.15) is 5.01 Å². The summed E-state index contributed by atoms with van der Waals surface area (Å²) in [6.07, 6.45) is 0. The number of nitrogens with one attached hydrogen (secondary N) is 2. The van der Waals surface area contributed by atoms with E-state index in [1.165, 1.54) is 13.2 Å². The van der Waals surface area contributed by atoms with Gasteiger partial charge in [0.1, 0.15) is 5.75 Å². The standard InChI is InChI=1S/C11H13ClN4O4/c1-20-9-4-2-3-8(7-9)10(17)13-14-11(18)16(15-19)6-5-12/h2-4,7H,5-6H2,1H3,(H,13,17)(H,14,18). The van der Waals surface area contributed by atoms with Crippen LogP contribution < -0.4 is 15.6 Å². The number of rotatable bonds is 5. The molecule has 0 spiro atoms. The van der Waals surface area contributed by atoms with Gasteiger partial charge in [-0.25, -0.2) is 10.2 Å². The van der Waals surface area contributed by atoms with Crippen LogP contribution in [0.15, 0.2) is 29.6 Å². The van der Waals surface area contributed by atoms with Crippen molar-refractivity contribution in [1.29, 1.82) is 0 Å². The molecule has 0 aliphatic carbocycles. The van der Waals surface area contributed by atoms with Crippen LogP contribution in [0.25, 0.3) is 0 Å². The molecule has 0 atom stereocenters. The van der Waals surface area contributed by atoms with E-state index < -0.39 is 11.9 Å². The number of hydrazine groups is 1. The van der Waals surface area contributed by atoms with Gasteiger partial charge in [-0.15, -0.1) is 16.5 Å². The van der Waals surface area contributed by atoms with E-state index in [0.717, 1.165) is 0 Å². The van der Waals surface area contributed by atoms with Gasteiger partial charge >= 0.3 is 6.03 Å². The van der Waals surface area contributed by atoms with E-state index in [4.69, 9.17) is 16.3 Å². The van der Waals surface area contributed by atoms with Crippen LogP contribution in [0.3, 0.4) is 0 Å². The minimum atomic E-state index is -0.878. The van der Waals surface area contributed by atoms with Crippen molar-refractivity contribution in [1.82, 2.24) is 15.9 Å². The summed E-state index contributed by atoms with van der Waals surface area (Å²) in [4.78, 5) is 33.6. The first kappa shape index (κ1) is 15.7. The average Bonchev–Trinajstić information content (AvgIpc) is 2.49. The zero-order valence-electron chi connectivity index (χ0n) is 10.6. The van der Waals surface area contributed by atoms with Gasteiger partial charge in [0.05, 0.1) is 18.9 Å². The molecule has 3 amide bonds. The van der Waals surface area contributed by atoms with Crippen molar-refractivity contribution in [3.63, 3.8) is 0 Å². The molecule has 1 rings (SSSR count). The lowest BCUT2D eigenvalue weighted by Crippen LogP contribution is -2.47. The predicted molar refractivity (Wildman–Crippen MR) is 72.2 cm³/mol. The number of methoxy groups -OCH3 is 1. The van der Waals surface area contributed by atoms with Crippen LogP contribution in [0.5, 0.6) is 5.75 Å². The van der Waals surface area contributed by atoms with Crippen LogP contribution in [0.1, 0.15) is 10.4 Å². The molecule has 20 heavy (non-hydrogen) atoms. The molecule has 0 saturated heterocycles. The number of hydrogen-bond acceptors (Lipinski definition) is 5. The second kappa shape index (κ2) is 7.95. The third-order valence-corrected chi connectivity index (χ3v) is 2.41. The Labute approximate surface area is 119 Å². The Morgan fingerprint density at radius 1 is 1.40 bits per heavy atom. The average molecular weight is 301 g/mol. The van der Waals surface area contributed by atoms with Crippen LogP contribution in [0.4, 0.5) is 4.79 Å². The molecule has 0 aliphatic heterocycles. The number of urea groups is 1. The van der Waals surface area contributed by atoms with Gasteiger partial charge in [0.25, 0.3) is 5.91 Å². The molecule has 0 radical (unpaired) electrons. The molecule has 0 fully saturated rings. The molecule has 1 aromatic carbocycles. The molecule has 8 nitrogen and oxygen atoms in total. The van der Waals surface area contributed by atoms with Crippen molar-refractivity contribution in [2.45, 2.75) is 0 Å². The lowest BCUT2D eigenvalue weighted by molar-refractivity contribution is 0.0930. The van der Waals surface area contributed by atoms with Gasteiger partial charge in [-0.05, 0) is 18.2 Å². The van der Waals surface area contributed by atoms with Gasteiger partial charge in [-0.3, -0.25) is 10.2 Å². The Balaban J connectivity index is 2.58. The second-order valence-electron chi connectivity index (χ2n) is 3.51. The Hall–Kier alpha value is -2.35. The van der Waals surface area contributed by atoms with Crippen molar-refractivity contribution >= 4 is 23.5 Å². The number of hydrogen-bond donors (Lipinski definition) is 2. The molecule has 0 bridgehead atoms. The predicted octanol–water partition coefficient (Wildman–Crippen LogP) is 1.27. The summed E-state index contributed by atoms with van der Waals surface area (Å²) in [5, 5.41) is 3.03. The van der Waals surface area contributed by atoms with E-state index in [0.29, 0.717) is 10.8 Å². The maximum Gasteiger partial charge on any atom is 0.359 e. The van der Waals surface area contributed by atoms with Crippen molar-refractivity contribution in [3.05, 3.63) is 34.7 Å². The van der Waals surface area contributed by atoms with E-state index >= 15 is 0 Å². The van der Waals surface area contributed by atoms with Gasteiger partial charge in [0.15, 0.2) is 0 Å². The summed E-state index contributed by atoms with van der Waals surface area (Å²) in [5.74, 6) is -0.0144. The maximum atomic E-state index is 11.8. The zero-order chi connectivity index (χ0) is 15.0. The van der Waals surface area contributed by atoms with Crippen LogP contribution >= 0.6 is 11.6 Å². The summed E-state index contributed by atoms with van der Waals surface area (Å²) in [6, 6.07) is 5.46. The van der Waals surface area contributed by atoms with Crippen molar-refractivity contribution in [3.8, 4) is 5.75 Å². The van der Waals surface area contributed by atoms with Crippen LogP contribution in [-0.4, -0.2) is 36.5 Å². The molecule has 0 aliphatic rings. The first-order chi connectivity index (χ1) is 9.62.